The zero-order chi connectivity index (χ0) is 19.0. The first-order valence-electron chi connectivity index (χ1n) is 8.25. The van der Waals surface area contributed by atoms with Crippen molar-refractivity contribution in [3.63, 3.8) is 0 Å². The van der Waals surface area contributed by atoms with Crippen LogP contribution >= 0.6 is 0 Å². The van der Waals surface area contributed by atoms with E-state index in [0.29, 0.717) is 29.1 Å². The number of rotatable bonds is 4. The Kier molecular flexibility index (Phi) is 3.95. The fourth-order valence-corrected chi connectivity index (χ4v) is 3.00. The number of nitro groups is 1. The number of nitrogens with zero attached hydrogens (tertiary/aromatic N) is 4. The Balaban J connectivity index is 1.56. The first-order chi connectivity index (χ1) is 12.9. The molecule has 0 aliphatic carbocycles. The Hall–Kier alpha value is -3.55. The first-order valence-corrected chi connectivity index (χ1v) is 8.25. The van der Waals surface area contributed by atoms with E-state index in [1.807, 2.05) is 13.0 Å². The lowest BCUT2D eigenvalue weighted by Gasteiger charge is -2.31. The van der Waals surface area contributed by atoms with Gasteiger partial charge in [-0.15, -0.1) is 5.10 Å². The summed E-state index contributed by atoms with van der Waals surface area (Å²) in [6.07, 6.45) is 5.27. The van der Waals surface area contributed by atoms with Gasteiger partial charge in [0.15, 0.2) is 0 Å². The predicted octanol–water partition coefficient (Wildman–Crippen LogP) is 3.86. The largest absolute Gasteiger partial charge is 0.481 e. The van der Waals surface area contributed by atoms with Crippen molar-refractivity contribution in [3.8, 4) is 17.0 Å². The van der Waals surface area contributed by atoms with Crippen LogP contribution in [0, 0.1) is 15.9 Å². The van der Waals surface area contributed by atoms with E-state index in [9.17, 15) is 14.5 Å². The minimum Gasteiger partial charge on any atom is -0.481 e. The summed E-state index contributed by atoms with van der Waals surface area (Å²) in [5.41, 5.74) is 0.756. The highest BCUT2D eigenvalue weighted by molar-refractivity contribution is 5.64. The molecule has 1 aliphatic rings. The second kappa shape index (κ2) is 6.31. The molecule has 1 unspecified atom stereocenters. The van der Waals surface area contributed by atoms with Gasteiger partial charge in [0, 0.05) is 23.3 Å². The van der Waals surface area contributed by atoms with E-state index in [2.05, 4.69) is 10.3 Å². The van der Waals surface area contributed by atoms with Crippen molar-refractivity contribution in [2.75, 3.05) is 0 Å². The van der Waals surface area contributed by atoms with Gasteiger partial charge in [-0.05, 0) is 31.2 Å². The van der Waals surface area contributed by atoms with Crippen LogP contribution in [0.15, 0.2) is 54.7 Å². The van der Waals surface area contributed by atoms with Crippen molar-refractivity contribution in [1.29, 1.82) is 0 Å². The molecule has 0 radical (unpaired) electrons. The summed E-state index contributed by atoms with van der Waals surface area (Å²) >= 11 is 0. The number of hydrogen-bond donors (Lipinski definition) is 0. The van der Waals surface area contributed by atoms with Gasteiger partial charge in [0.1, 0.15) is 22.9 Å². The predicted molar refractivity (Wildman–Crippen MR) is 96.6 cm³/mol. The second-order valence-corrected chi connectivity index (χ2v) is 6.51. The third-order valence-corrected chi connectivity index (χ3v) is 4.33. The molecule has 0 bridgehead atoms. The molecule has 8 heteroatoms. The van der Waals surface area contributed by atoms with Crippen molar-refractivity contribution in [3.05, 3.63) is 76.2 Å². The average Bonchev–Trinajstić information content (AvgIpc) is 3.09. The van der Waals surface area contributed by atoms with Crippen molar-refractivity contribution in [1.82, 2.24) is 15.0 Å². The molecule has 0 spiro atoms. The number of aromatic nitrogens is 3. The van der Waals surface area contributed by atoms with Crippen molar-refractivity contribution in [2.24, 2.45) is 0 Å². The highest BCUT2D eigenvalue weighted by atomic mass is 19.1. The highest BCUT2D eigenvalue weighted by Gasteiger charge is 2.29. The molecule has 3 aromatic rings. The molecule has 1 atom stereocenters. The lowest BCUT2D eigenvalue weighted by molar-refractivity contribution is -0.384. The quantitative estimate of drug-likeness (QED) is 0.517. The van der Waals surface area contributed by atoms with Crippen LogP contribution in [-0.2, 0) is 6.54 Å². The molecule has 4 rings (SSSR count). The van der Waals surface area contributed by atoms with Crippen LogP contribution in [0.3, 0.4) is 0 Å². The van der Waals surface area contributed by atoms with Gasteiger partial charge in [-0.1, -0.05) is 23.4 Å². The van der Waals surface area contributed by atoms with E-state index in [-0.39, 0.29) is 11.5 Å². The molecule has 1 aliphatic heterocycles. The van der Waals surface area contributed by atoms with Gasteiger partial charge in [0.2, 0.25) is 0 Å². The summed E-state index contributed by atoms with van der Waals surface area (Å²) in [7, 11) is 0. The second-order valence-electron chi connectivity index (χ2n) is 6.51. The number of fused-ring (bicyclic) bond motifs is 1. The fourth-order valence-electron chi connectivity index (χ4n) is 3.00. The maximum absolute atomic E-state index is 13.9. The topological polar surface area (TPSA) is 83.1 Å². The number of nitro benzene ring substituents is 1. The van der Waals surface area contributed by atoms with Crippen LogP contribution in [0.25, 0.3) is 17.3 Å². The van der Waals surface area contributed by atoms with E-state index >= 15 is 0 Å². The normalized spacial score (nSPS) is 18.0. The van der Waals surface area contributed by atoms with Gasteiger partial charge in [-0.25, -0.2) is 9.07 Å². The van der Waals surface area contributed by atoms with E-state index in [4.69, 9.17) is 4.74 Å². The smallest absolute Gasteiger partial charge is 0.270 e. The summed E-state index contributed by atoms with van der Waals surface area (Å²) in [5.74, 6) is 0.195. The Morgan fingerprint density at radius 3 is 2.89 bits per heavy atom. The maximum Gasteiger partial charge on any atom is 0.270 e. The average molecular weight is 366 g/mol. The minimum atomic E-state index is -0.719. The fraction of sp³-hybridized carbons (Fsp3) is 0.158. The SMILES string of the molecule is CC1(Cn2cc(-c3ccccc3F)nn2)C=Cc2cc([N+](=O)[O-])ccc2O1. The molecule has 136 valence electrons. The van der Waals surface area contributed by atoms with Gasteiger partial charge in [0.05, 0.1) is 17.7 Å². The van der Waals surface area contributed by atoms with E-state index in [1.165, 1.54) is 18.2 Å². The van der Waals surface area contributed by atoms with Gasteiger partial charge < -0.3 is 4.74 Å². The monoisotopic (exact) mass is 366 g/mol. The van der Waals surface area contributed by atoms with Crippen LogP contribution in [-0.4, -0.2) is 25.5 Å². The summed E-state index contributed by atoms with van der Waals surface area (Å²) in [4.78, 5) is 10.5. The molecule has 2 aromatic carbocycles. The number of ether oxygens (including phenoxy) is 1. The Morgan fingerprint density at radius 2 is 2.11 bits per heavy atom. The van der Waals surface area contributed by atoms with Crippen molar-refractivity contribution in [2.45, 2.75) is 19.1 Å². The Bertz CT molecular complexity index is 1060. The van der Waals surface area contributed by atoms with Crippen LogP contribution in [0.2, 0.25) is 0 Å². The van der Waals surface area contributed by atoms with Crippen LogP contribution in [0.4, 0.5) is 10.1 Å². The molecule has 7 nitrogen and oxygen atoms in total. The number of hydrogen-bond acceptors (Lipinski definition) is 5. The molecule has 0 saturated carbocycles. The third-order valence-electron chi connectivity index (χ3n) is 4.33. The van der Waals surface area contributed by atoms with Gasteiger partial charge in [-0.3, -0.25) is 10.1 Å². The number of non-ortho nitro benzene ring substituents is 1. The van der Waals surface area contributed by atoms with Crippen molar-refractivity contribution < 1.29 is 14.1 Å². The lowest BCUT2D eigenvalue weighted by atomic mass is 10.00. The third kappa shape index (κ3) is 3.29. The lowest BCUT2D eigenvalue weighted by Crippen LogP contribution is -2.37. The van der Waals surface area contributed by atoms with E-state index in [0.717, 1.165) is 0 Å². The summed E-state index contributed by atoms with van der Waals surface area (Å²) in [5, 5.41) is 19.0. The Labute approximate surface area is 153 Å². The molecule has 27 heavy (non-hydrogen) atoms. The van der Waals surface area contributed by atoms with Gasteiger partial charge in [0.25, 0.3) is 5.69 Å². The molecule has 0 fully saturated rings. The standard InChI is InChI=1S/C19H15FN4O3/c1-19(9-8-13-10-14(24(25)26)6-7-18(13)27-19)12-23-11-17(21-22-23)15-4-2-3-5-16(15)20/h2-11H,12H2,1H3. The van der Waals surface area contributed by atoms with Crippen LogP contribution in [0.1, 0.15) is 12.5 Å². The van der Waals surface area contributed by atoms with Crippen molar-refractivity contribution >= 4 is 11.8 Å². The summed E-state index contributed by atoms with van der Waals surface area (Å²) in [6, 6.07) is 10.8. The zero-order valence-electron chi connectivity index (χ0n) is 14.4. The molecule has 2 heterocycles. The molecule has 0 saturated heterocycles. The molecule has 0 N–H and O–H groups in total. The number of halogens is 1. The highest BCUT2D eigenvalue weighted by Crippen LogP contribution is 2.34. The Morgan fingerprint density at radius 1 is 1.30 bits per heavy atom. The van der Waals surface area contributed by atoms with Crippen LogP contribution in [0.5, 0.6) is 5.75 Å². The summed E-state index contributed by atoms with van der Waals surface area (Å²) < 4.78 is 21.5. The number of benzene rings is 2. The minimum absolute atomic E-state index is 0.0106. The van der Waals surface area contributed by atoms with E-state index < -0.39 is 10.5 Å². The van der Waals surface area contributed by atoms with Crippen LogP contribution < -0.4 is 4.74 Å². The summed E-state index contributed by atoms with van der Waals surface area (Å²) in [6.45, 7) is 2.22. The first kappa shape index (κ1) is 16.9. The molecular formula is C19H15FN4O3. The molecule has 0 amide bonds. The maximum atomic E-state index is 13.9. The van der Waals surface area contributed by atoms with E-state index in [1.54, 1.807) is 41.2 Å². The van der Waals surface area contributed by atoms with Gasteiger partial charge in [-0.2, -0.15) is 0 Å². The molecule has 1 aromatic heterocycles. The van der Waals surface area contributed by atoms with Gasteiger partial charge >= 0.3 is 0 Å². The zero-order valence-corrected chi connectivity index (χ0v) is 14.4. The molecular weight excluding hydrogens is 351 g/mol.